The van der Waals surface area contributed by atoms with Gasteiger partial charge in [0.25, 0.3) is 0 Å². The minimum absolute atomic E-state index is 0.0915. The van der Waals surface area contributed by atoms with Crippen molar-refractivity contribution in [2.45, 2.75) is 105 Å². The van der Waals surface area contributed by atoms with Gasteiger partial charge in [0.1, 0.15) is 0 Å². The quantitative estimate of drug-likeness (QED) is 0.465. The summed E-state index contributed by atoms with van der Waals surface area (Å²) in [5.41, 5.74) is 1.69. The molecule has 0 aromatic carbocycles. The smallest absolute Gasteiger partial charge is 0.159 e. The standard InChI is InChI=1S/C29H48O2/c1-19(2)7-6-8-20(3)23-9-10-24-22-18-27(31)26-17-21(13-16-30)11-14-29(26,5)25(22)12-15-28(23,24)4/h17,19-25,30H,6-16,18H2,1-5H3/t20-,21-,22+,23-,24+,25+,28-,29-/m1/s1. The van der Waals surface area contributed by atoms with Crippen molar-refractivity contribution in [2.75, 3.05) is 6.61 Å². The molecule has 0 spiro atoms. The lowest BCUT2D eigenvalue weighted by atomic mass is 9.46. The van der Waals surface area contributed by atoms with Gasteiger partial charge in [-0.2, -0.15) is 0 Å². The summed E-state index contributed by atoms with van der Waals surface area (Å²) in [6.45, 7) is 12.5. The monoisotopic (exact) mass is 428 g/mol. The van der Waals surface area contributed by atoms with E-state index in [0.29, 0.717) is 29.0 Å². The molecule has 3 saturated carbocycles. The molecule has 2 heteroatoms. The highest BCUT2D eigenvalue weighted by Gasteiger charge is 2.60. The SMILES string of the molecule is CC(C)CCC[C@@H](C)[C@H]1CC[C@H]2[C@@H]3CC(=O)C4=C[C@@H](CCO)CC[C@]4(C)[C@H]3CC[C@]12C. The van der Waals surface area contributed by atoms with Gasteiger partial charge in [-0.15, -0.1) is 0 Å². The van der Waals surface area contributed by atoms with Crippen molar-refractivity contribution >= 4 is 5.78 Å². The van der Waals surface area contributed by atoms with Gasteiger partial charge >= 0.3 is 0 Å². The van der Waals surface area contributed by atoms with Crippen LogP contribution in [0.25, 0.3) is 0 Å². The molecular formula is C29H48O2. The molecule has 0 aliphatic heterocycles. The number of carbonyl (C=O) groups excluding carboxylic acids is 1. The second-order valence-corrected chi connectivity index (χ2v) is 12.8. The lowest BCUT2D eigenvalue weighted by molar-refractivity contribution is -0.129. The predicted octanol–water partition coefficient (Wildman–Crippen LogP) is 7.21. The van der Waals surface area contributed by atoms with Crippen molar-refractivity contribution in [3.05, 3.63) is 11.6 Å². The van der Waals surface area contributed by atoms with Crippen LogP contribution < -0.4 is 0 Å². The normalized spacial score (nSPS) is 43.3. The van der Waals surface area contributed by atoms with Crippen LogP contribution in [-0.2, 0) is 4.79 Å². The Morgan fingerprint density at radius 2 is 1.81 bits per heavy atom. The second kappa shape index (κ2) is 8.96. The predicted molar refractivity (Wildman–Crippen MR) is 129 cm³/mol. The van der Waals surface area contributed by atoms with Crippen molar-refractivity contribution in [1.29, 1.82) is 0 Å². The zero-order valence-electron chi connectivity index (χ0n) is 21.0. The number of ketones is 1. The maximum Gasteiger partial charge on any atom is 0.159 e. The van der Waals surface area contributed by atoms with E-state index in [1.807, 2.05) is 0 Å². The Kier molecular flexibility index (Phi) is 6.80. The fraction of sp³-hybridized carbons (Fsp3) is 0.897. The molecule has 31 heavy (non-hydrogen) atoms. The van der Waals surface area contributed by atoms with Gasteiger partial charge in [0, 0.05) is 13.0 Å². The van der Waals surface area contributed by atoms with Crippen LogP contribution >= 0.6 is 0 Å². The highest BCUT2D eigenvalue weighted by atomic mass is 16.3. The molecule has 3 fully saturated rings. The van der Waals surface area contributed by atoms with E-state index in [1.54, 1.807) is 0 Å². The van der Waals surface area contributed by atoms with Gasteiger partial charge in [-0.1, -0.05) is 60.0 Å². The molecule has 4 aliphatic carbocycles. The number of aliphatic hydroxyl groups excluding tert-OH is 1. The first-order valence-corrected chi connectivity index (χ1v) is 13.6. The summed E-state index contributed by atoms with van der Waals surface area (Å²) < 4.78 is 0. The van der Waals surface area contributed by atoms with Gasteiger partial charge in [-0.05, 0) is 103 Å². The van der Waals surface area contributed by atoms with Crippen LogP contribution in [0.15, 0.2) is 11.6 Å². The maximum atomic E-state index is 13.4. The highest BCUT2D eigenvalue weighted by Crippen LogP contribution is 2.67. The van der Waals surface area contributed by atoms with Crippen molar-refractivity contribution in [3.63, 3.8) is 0 Å². The van der Waals surface area contributed by atoms with E-state index >= 15 is 0 Å². The van der Waals surface area contributed by atoms with Crippen LogP contribution in [-0.4, -0.2) is 17.5 Å². The lowest BCUT2D eigenvalue weighted by Crippen LogP contribution is -2.53. The first-order chi connectivity index (χ1) is 14.7. The summed E-state index contributed by atoms with van der Waals surface area (Å²) in [5.74, 6) is 5.40. The number of hydrogen-bond donors (Lipinski definition) is 1. The van der Waals surface area contributed by atoms with Crippen molar-refractivity contribution in [2.24, 2.45) is 52.3 Å². The Hall–Kier alpha value is -0.630. The third-order valence-corrected chi connectivity index (χ3v) is 10.7. The average molecular weight is 429 g/mol. The zero-order chi connectivity index (χ0) is 22.4. The molecule has 4 rings (SSSR count). The van der Waals surface area contributed by atoms with E-state index in [-0.39, 0.29) is 12.0 Å². The van der Waals surface area contributed by atoms with Crippen LogP contribution in [0.4, 0.5) is 0 Å². The summed E-state index contributed by atoms with van der Waals surface area (Å²) >= 11 is 0. The van der Waals surface area contributed by atoms with Crippen LogP contribution in [0.3, 0.4) is 0 Å². The van der Waals surface area contributed by atoms with Gasteiger partial charge < -0.3 is 5.11 Å². The Balaban J connectivity index is 1.52. The van der Waals surface area contributed by atoms with Crippen molar-refractivity contribution in [1.82, 2.24) is 0 Å². The van der Waals surface area contributed by atoms with Crippen LogP contribution in [0.1, 0.15) is 105 Å². The average Bonchev–Trinajstić information content (AvgIpc) is 3.06. The summed E-state index contributed by atoms with van der Waals surface area (Å²) in [5, 5.41) is 9.40. The Morgan fingerprint density at radius 3 is 2.52 bits per heavy atom. The van der Waals surface area contributed by atoms with Gasteiger partial charge in [-0.25, -0.2) is 0 Å². The van der Waals surface area contributed by atoms with E-state index < -0.39 is 0 Å². The van der Waals surface area contributed by atoms with Gasteiger partial charge in [0.2, 0.25) is 0 Å². The van der Waals surface area contributed by atoms with Crippen LogP contribution in [0, 0.1) is 52.3 Å². The maximum absolute atomic E-state index is 13.4. The van der Waals surface area contributed by atoms with Crippen LogP contribution in [0.5, 0.6) is 0 Å². The van der Waals surface area contributed by atoms with Gasteiger partial charge in [-0.3, -0.25) is 4.79 Å². The number of aliphatic hydroxyl groups is 1. The molecule has 0 radical (unpaired) electrons. The first-order valence-electron chi connectivity index (χ1n) is 13.6. The Morgan fingerprint density at radius 1 is 1.03 bits per heavy atom. The van der Waals surface area contributed by atoms with E-state index in [9.17, 15) is 9.90 Å². The van der Waals surface area contributed by atoms with Gasteiger partial charge in [0.05, 0.1) is 0 Å². The molecule has 1 N–H and O–H groups in total. The van der Waals surface area contributed by atoms with Crippen molar-refractivity contribution in [3.8, 4) is 0 Å². The van der Waals surface area contributed by atoms with E-state index in [4.69, 9.17) is 0 Å². The number of hydrogen-bond acceptors (Lipinski definition) is 2. The summed E-state index contributed by atoms with van der Waals surface area (Å²) in [6, 6.07) is 0. The van der Waals surface area contributed by atoms with E-state index in [0.717, 1.165) is 54.9 Å². The molecule has 2 nitrogen and oxygen atoms in total. The second-order valence-electron chi connectivity index (χ2n) is 12.8. The molecule has 0 aromatic heterocycles. The molecule has 176 valence electrons. The third kappa shape index (κ3) is 4.09. The largest absolute Gasteiger partial charge is 0.396 e. The van der Waals surface area contributed by atoms with E-state index in [2.05, 4.69) is 40.7 Å². The molecule has 0 saturated heterocycles. The number of Topliss-reactive ketones (excluding diaryl/α,β-unsaturated/α-hetero) is 1. The first kappa shape index (κ1) is 23.5. The fourth-order valence-corrected chi connectivity index (χ4v) is 9.03. The molecular weight excluding hydrogens is 380 g/mol. The molecule has 0 unspecified atom stereocenters. The number of rotatable bonds is 7. The summed E-state index contributed by atoms with van der Waals surface area (Å²) in [6.07, 6.45) is 15.8. The minimum Gasteiger partial charge on any atom is -0.396 e. The van der Waals surface area contributed by atoms with Crippen LogP contribution in [0.2, 0.25) is 0 Å². The minimum atomic E-state index is 0.0915. The lowest BCUT2D eigenvalue weighted by Gasteiger charge is -2.58. The van der Waals surface area contributed by atoms with Gasteiger partial charge in [0.15, 0.2) is 5.78 Å². The molecule has 4 aliphatic rings. The number of fused-ring (bicyclic) bond motifs is 5. The molecule has 0 bridgehead atoms. The Labute approximate surface area is 191 Å². The van der Waals surface area contributed by atoms with E-state index in [1.165, 1.54) is 44.9 Å². The van der Waals surface area contributed by atoms with Crippen molar-refractivity contribution < 1.29 is 9.90 Å². The number of allylic oxidation sites excluding steroid dienone is 2. The number of carbonyl (C=O) groups is 1. The molecule has 0 amide bonds. The zero-order valence-corrected chi connectivity index (χ0v) is 21.0. The molecule has 0 aromatic rings. The third-order valence-electron chi connectivity index (χ3n) is 10.7. The molecule has 0 heterocycles. The highest BCUT2D eigenvalue weighted by molar-refractivity contribution is 5.98. The summed E-state index contributed by atoms with van der Waals surface area (Å²) in [4.78, 5) is 13.4. The fourth-order valence-electron chi connectivity index (χ4n) is 9.03. The molecule has 8 atom stereocenters. The topological polar surface area (TPSA) is 37.3 Å². The summed E-state index contributed by atoms with van der Waals surface area (Å²) in [7, 11) is 0. The Bertz CT molecular complexity index is 693.